The van der Waals surface area contributed by atoms with Crippen LogP contribution in [0.4, 0.5) is 0 Å². The highest BCUT2D eigenvalue weighted by molar-refractivity contribution is 7.91. The first kappa shape index (κ1) is 13.2. The zero-order valence-corrected chi connectivity index (χ0v) is 10.3. The Morgan fingerprint density at radius 2 is 2.31 bits per heavy atom. The Morgan fingerprint density at radius 3 is 2.81 bits per heavy atom. The number of nitrogens with zero attached hydrogens (tertiary/aromatic N) is 1. The molecule has 1 heterocycles. The van der Waals surface area contributed by atoms with E-state index < -0.39 is 9.84 Å². The molecule has 1 atom stereocenters. The van der Waals surface area contributed by atoms with E-state index in [1.165, 1.54) is 0 Å². The highest BCUT2D eigenvalue weighted by Crippen LogP contribution is 2.15. The van der Waals surface area contributed by atoms with Crippen molar-refractivity contribution in [3.05, 3.63) is 12.7 Å². The minimum absolute atomic E-state index is 0.0283. The average molecular weight is 246 g/mol. The zero-order chi connectivity index (χ0) is 12.2. The van der Waals surface area contributed by atoms with Gasteiger partial charge in [-0.15, -0.1) is 6.58 Å². The number of hydrogen-bond donors (Lipinski definition) is 1. The first-order chi connectivity index (χ1) is 7.44. The summed E-state index contributed by atoms with van der Waals surface area (Å²) in [6.45, 7) is 4.17. The summed E-state index contributed by atoms with van der Waals surface area (Å²) in [5, 5.41) is 2.66. The molecule has 0 aromatic carbocycles. The van der Waals surface area contributed by atoms with Gasteiger partial charge in [0.2, 0.25) is 5.91 Å². The minimum atomic E-state index is -2.88. The van der Waals surface area contributed by atoms with Crippen LogP contribution in [0.15, 0.2) is 12.7 Å². The first-order valence-corrected chi connectivity index (χ1v) is 7.05. The minimum Gasteiger partial charge on any atom is -0.352 e. The molecule has 1 fully saturated rings. The van der Waals surface area contributed by atoms with Gasteiger partial charge in [-0.2, -0.15) is 0 Å². The molecule has 1 unspecified atom stereocenters. The van der Waals surface area contributed by atoms with Gasteiger partial charge in [-0.1, -0.05) is 6.08 Å². The van der Waals surface area contributed by atoms with E-state index in [0.717, 1.165) is 0 Å². The molecule has 16 heavy (non-hydrogen) atoms. The number of hydrogen-bond acceptors (Lipinski definition) is 4. The van der Waals surface area contributed by atoms with E-state index in [1.807, 2.05) is 0 Å². The number of amides is 1. The predicted octanol–water partition coefficient (Wildman–Crippen LogP) is -0.592. The molecular formula is C10H18N2O3S. The maximum Gasteiger partial charge on any atom is 0.234 e. The number of carbonyl (C=O) groups is 1. The highest BCUT2D eigenvalue weighted by Gasteiger charge is 2.31. The summed E-state index contributed by atoms with van der Waals surface area (Å²) in [4.78, 5) is 13.2. The van der Waals surface area contributed by atoms with Crippen molar-refractivity contribution < 1.29 is 13.2 Å². The Labute approximate surface area is 96.4 Å². The lowest BCUT2D eigenvalue weighted by molar-refractivity contribution is -0.122. The van der Waals surface area contributed by atoms with Crippen molar-refractivity contribution in [2.45, 2.75) is 12.5 Å². The van der Waals surface area contributed by atoms with Crippen LogP contribution in [-0.4, -0.2) is 56.9 Å². The number of sulfone groups is 1. The smallest absolute Gasteiger partial charge is 0.234 e. The fraction of sp³-hybridized carbons (Fsp3) is 0.700. The molecule has 6 heteroatoms. The van der Waals surface area contributed by atoms with Gasteiger partial charge in [0.15, 0.2) is 9.84 Å². The third-order valence-electron chi connectivity index (χ3n) is 2.67. The van der Waals surface area contributed by atoms with Crippen molar-refractivity contribution in [1.29, 1.82) is 0 Å². The summed E-state index contributed by atoms with van der Waals surface area (Å²) >= 11 is 0. The zero-order valence-electron chi connectivity index (χ0n) is 9.48. The van der Waals surface area contributed by atoms with Crippen LogP contribution < -0.4 is 5.32 Å². The molecule has 1 N–H and O–H groups in total. The topological polar surface area (TPSA) is 66.5 Å². The van der Waals surface area contributed by atoms with Crippen LogP contribution in [0, 0.1) is 0 Å². The molecule has 0 spiro atoms. The summed E-state index contributed by atoms with van der Waals surface area (Å²) < 4.78 is 22.5. The Morgan fingerprint density at radius 1 is 1.62 bits per heavy atom. The van der Waals surface area contributed by atoms with Crippen molar-refractivity contribution in [2.75, 3.05) is 31.6 Å². The van der Waals surface area contributed by atoms with Gasteiger partial charge in [-0.25, -0.2) is 8.42 Å². The number of rotatable bonds is 5. The van der Waals surface area contributed by atoms with Gasteiger partial charge >= 0.3 is 0 Å². The monoisotopic (exact) mass is 246 g/mol. The Bertz CT molecular complexity index is 364. The second-order valence-corrected chi connectivity index (χ2v) is 6.29. The van der Waals surface area contributed by atoms with Gasteiger partial charge in [-0.3, -0.25) is 9.69 Å². The molecule has 1 rings (SSSR count). The lowest BCUT2D eigenvalue weighted by Crippen LogP contribution is -2.41. The molecule has 5 nitrogen and oxygen atoms in total. The molecule has 0 bridgehead atoms. The van der Waals surface area contributed by atoms with E-state index in [1.54, 1.807) is 18.0 Å². The van der Waals surface area contributed by atoms with Crippen molar-refractivity contribution in [2.24, 2.45) is 0 Å². The molecule has 0 aromatic rings. The fourth-order valence-corrected chi connectivity index (χ4v) is 3.53. The van der Waals surface area contributed by atoms with Crippen molar-refractivity contribution in [3.8, 4) is 0 Å². The molecular weight excluding hydrogens is 228 g/mol. The molecule has 0 radical (unpaired) electrons. The molecule has 1 amide bonds. The lowest BCUT2D eigenvalue weighted by Gasteiger charge is -2.21. The Hall–Kier alpha value is -0.880. The van der Waals surface area contributed by atoms with Crippen molar-refractivity contribution in [1.82, 2.24) is 10.2 Å². The molecule has 0 saturated carbocycles. The van der Waals surface area contributed by atoms with Gasteiger partial charge in [-0.05, 0) is 13.5 Å². The highest BCUT2D eigenvalue weighted by atomic mass is 32.2. The second kappa shape index (κ2) is 5.45. The largest absolute Gasteiger partial charge is 0.352 e. The molecule has 1 aliphatic heterocycles. The predicted molar refractivity (Wildman–Crippen MR) is 62.9 cm³/mol. The number of likely N-dealkylation sites (N-methyl/N-ethyl adjacent to an activating group) is 1. The van der Waals surface area contributed by atoms with Crippen LogP contribution in [0.3, 0.4) is 0 Å². The molecule has 0 aliphatic carbocycles. The standard InChI is InChI=1S/C10H18N2O3S/c1-3-5-11-10(13)7-12(2)9-4-6-16(14,15)8-9/h3,9H,1,4-8H2,2H3,(H,11,13). The van der Waals surface area contributed by atoms with Crippen molar-refractivity contribution >= 4 is 15.7 Å². The number of nitrogens with one attached hydrogen (secondary N) is 1. The van der Waals surface area contributed by atoms with E-state index in [-0.39, 0.29) is 30.0 Å². The molecule has 0 aromatic heterocycles. The summed E-state index contributed by atoms with van der Waals surface area (Å²) in [6, 6.07) is -0.0283. The van der Waals surface area contributed by atoms with Crippen LogP contribution in [0.5, 0.6) is 0 Å². The average Bonchev–Trinajstić information content (AvgIpc) is 2.56. The van der Waals surface area contributed by atoms with Crippen molar-refractivity contribution in [3.63, 3.8) is 0 Å². The SMILES string of the molecule is C=CCNC(=O)CN(C)C1CCS(=O)(=O)C1. The van der Waals surface area contributed by atoms with E-state index in [4.69, 9.17) is 0 Å². The first-order valence-electron chi connectivity index (χ1n) is 5.23. The van der Waals surface area contributed by atoms with Gasteiger partial charge in [0.1, 0.15) is 0 Å². The molecule has 1 aliphatic rings. The van der Waals surface area contributed by atoms with Crippen LogP contribution in [0.2, 0.25) is 0 Å². The van der Waals surface area contributed by atoms with Crippen LogP contribution in [0.1, 0.15) is 6.42 Å². The molecule has 92 valence electrons. The van der Waals surface area contributed by atoms with E-state index in [2.05, 4.69) is 11.9 Å². The second-order valence-electron chi connectivity index (χ2n) is 4.06. The Balaban J connectivity index is 2.38. The van der Waals surface area contributed by atoms with Crippen LogP contribution >= 0.6 is 0 Å². The lowest BCUT2D eigenvalue weighted by atomic mass is 10.2. The summed E-state index contributed by atoms with van der Waals surface area (Å²) in [6.07, 6.45) is 2.23. The summed E-state index contributed by atoms with van der Waals surface area (Å²) in [7, 11) is -1.11. The van der Waals surface area contributed by atoms with Gasteiger partial charge in [0, 0.05) is 12.6 Å². The maximum absolute atomic E-state index is 11.4. The Kier molecular flexibility index (Phi) is 4.49. The summed E-state index contributed by atoms with van der Waals surface area (Å²) in [5.41, 5.74) is 0. The van der Waals surface area contributed by atoms with E-state index in [9.17, 15) is 13.2 Å². The molecule has 1 saturated heterocycles. The van der Waals surface area contributed by atoms with E-state index >= 15 is 0 Å². The quantitative estimate of drug-likeness (QED) is 0.658. The number of carbonyl (C=O) groups excluding carboxylic acids is 1. The fourth-order valence-electron chi connectivity index (χ4n) is 1.72. The third-order valence-corrected chi connectivity index (χ3v) is 4.42. The van der Waals surface area contributed by atoms with Crippen LogP contribution in [0.25, 0.3) is 0 Å². The van der Waals surface area contributed by atoms with E-state index in [0.29, 0.717) is 13.0 Å². The van der Waals surface area contributed by atoms with Crippen LogP contribution in [-0.2, 0) is 14.6 Å². The maximum atomic E-state index is 11.4. The van der Waals surface area contributed by atoms with Gasteiger partial charge in [0.25, 0.3) is 0 Å². The normalized spacial score (nSPS) is 23.2. The van der Waals surface area contributed by atoms with Gasteiger partial charge in [0.05, 0.1) is 18.1 Å². The summed E-state index contributed by atoms with van der Waals surface area (Å²) in [5.74, 6) is 0.292. The van der Waals surface area contributed by atoms with Gasteiger partial charge < -0.3 is 5.32 Å². The third kappa shape index (κ3) is 3.94.